The van der Waals surface area contributed by atoms with Gasteiger partial charge in [-0.05, 0) is 37.0 Å². The number of carbonyl (C=O) groups excluding carboxylic acids is 3. The van der Waals surface area contributed by atoms with Crippen LogP contribution in [-0.2, 0) is 22.4 Å². The van der Waals surface area contributed by atoms with Gasteiger partial charge in [0.15, 0.2) is 6.61 Å². The first-order valence-electron chi connectivity index (χ1n) is 8.23. The topological polar surface area (TPSA) is 168 Å². The molecule has 2 amide bonds. The summed E-state index contributed by atoms with van der Waals surface area (Å²) in [6.07, 6.45) is 2.48. The number of nitrogens with one attached hydrogen (secondary N) is 1. The maximum absolute atomic E-state index is 12.1. The lowest BCUT2D eigenvalue weighted by atomic mass is 10.1. The van der Waals surface area contributed by atoms with Gasteiger partial charge in [0, 0.05) is 10.9 Å². The maximum atomic E-state index is 12.1. The summed E-state index contributed by atoms with van der Waals surface area (Å²) in [6.45, 7) is -0.627. The van der Waals surface area contributed by atoms with E-state index in [9.17, 15) is 24.5 Å². The Morgan fingerprint density at radius 1 is 1.29 bits per heavy atom. The highest BCUT2D eigenvalue weighted by atomic mass is 32.1. The van der Waals surface area contributed by atoms with Gasteiger partial charge < -0.3 is 21.5 Å². The van der Waals surface area contributed by atoms with E-state index in [2.05, 4.69) is 5.32 Å². The predicted molar refractivity (Wildman–Crippen MR) is 101 cm³/mol. The zero-order chi connectivity index (χ0) is 20.4. The zero-order valence-corrected chi connectivity index (χ0v) is 15.3. The van der Waals surface area contributed by atoms with Gasteiger partial charge in [0.25, 0.3) is 17.5 Å². The number of anilines is 2. The normalized spacial score (nSPS) is 12.3. The molecule has 1 aliphatic carbocycles. The van der Waals surface area contributed by atoms with Crippen molar-refractivity contribution in [3.63, 3.8) is 0 Å². The Bertz CT molecular complexity index is 1000. The standard InChI is InChI=1S/C17H16N4O6S/c18-10-5-4-8(6-11(10)21(25)26)17(24)27-7-13(22)20-16-14(15(19)23)9-2-1-3-12(9)28-16/h4-6H,1-3,7,18H2,(H2,19,23)(H,20,22). The molecule has 28 heavy (non-hydrogen) atoms. The number of nitrogens with zero attached hydrogens (tertiary/aromatic N) is 1. The third-order valence-electron chi connectivity index (χ3n) is 4.22. The number of nitro groups is 1. The van der Waals surface area contributed by atoms with Gasteiger partial charge >= 0.3 is 5.97 Å². The number of esters is 1. The van der Waals surface area contributed by atoms with E-state index < -0.39 is 35.0 Å². The molecule has 1 aliphatic rings. The number of nitrogens with two attached hydrogens (primary N) is 2. The lowest BCUT2D eigenvalue weighted by molar-refractivity contribution is -0.383. The minimum Gasteiger partial charge on any atom is -0.452 e. The van der Waals surface area contributed by atoms with Crippen molar-refractivity contribution in [1.82, 2.24) is 0 Å². The molecule has 146 valence electrons. The zero-order valence-electron chi connectivity index (χ0n) is 14.5. The van der Waals surface area contributed by atoms with Crippen molar-refractivity contribution in [3.8, 4) is 0 Å². The molecule has 0 bridgehead atoms. The Morgan fingerprint density at radius 3 is 2.71 bits per heavy atom. The van der Waals surface area contributed by atoms with Crippen molar-refractivity contribution in [2.75, 3.05) is 17.7 Å². The molecule has 2 aromatic rings. The van der Waals surface area contributed by atoms with Crippen molar-refractivity contribution in [2.45, 2.75) is 19.3 Å². The summed E-state index contributed by atoms with van der Waals surface area (Å²) in [5, 5.41) is 13.8. The van der Waals surface area contributed by atoms with E-state index in [4.69, 9.17) is 16.2 Å². The first kappa shape index (κ1) is 19.3. The quantitative estimate of drug-likeness (QED) is 0.284. The SMILES string of the molecule is NC(=O)c1c(NC(=O)COC(=O)c2ccc(N)c([N+](=O)[O-])c2)sc2c1CCC2. The van der Waals surface area contributed by atoms with Gasteiger partial charge in [-0.3, -0.25) is 19.7 Å². The number of thiophene rings is 1. The molecule has 1 aromatic carbocycles. The van der Waals surface area contributed by atoms with Crippen molar-refractivity contribution in [1.29, 1.82) is 0 Å². The highest BCUT2D eigenvalue weighted by Crippen LogP contribution is 2.38. The number of aryl methyl sites for hydroxylation is 1. The average molecular weight is 404 g/mol. The second-order valence-electron chi connectivity index (χ2n) is 6.08. The molecule has 11 heteroatoms. The predicted octanol–water partition coefficient (Wildman–Crippen LogP) is 1.62. The molecule has 0 radical (unpaired) electrons. The fraction of sp³-hybridized carbons (Fsp3) is 0.235. The fourth-order valence-corrected chi connectivity index (χ4v) is 4.27. The van der Waals surface area contributed by atoms with Crippen molar-refractivity contribution in [2.24, 2.45) is 5.73 Å². The average Bonchev–Trinajstić information content (AvgIpc) is 3.20. The number of hydrogen-bond donors (Lipinski definition) is 3. The van der Waals surface area contributed by atoms with Crippen LogP contribution in [0.2, 0.25) is 0 Å². The summed E-state index contributed by atoms with van der Waals surface area (Å²) in [5.74, 6) is -2.19. The van der Waals surface area contributed by atoms with Gasteiger partial charge in [0.05, 0.1) is 16.1 Å². The first-order chi connectivity index (χ1) is 13.3. The number of amides is 2. The first-order valence-corrected chi connectivity index (χ1v) is 9.04. The molecule has 3 rings (SSSR count). The lowest BCUT2D eigenvalue weighted by Gasteiger charge is -2.07. The van der Waals surface area contributed by atoms with E-state index in [0.29, 0.717) is 10.6 Å². The molecule has 0 aliphatic heterocycles. The molecule has 0 saturated heterocycles. The third-order valence-corrected chi connectivity index (χ3v) is 5.43. The molecular formula is C17H16N4O6S. The van der Waals surface area contributed by atoms with E-state index >= 15 is 0 Å². The van der Waals surface area contributed by atoms with Gasteiger partial charge in [-0.15, -0.1) is 11.3 Å². The van der Waals surface area contributed by atoms with Gasteiger partial charge in [-0.1, -0.05) is 0 Å². The van der Waals surface area contributed by atoms with Crippen LogP contribution in [0.4, 0.5) is 16.4 Å². The summed E-state index contributed by atoms with van der Waals surface area (Å²) in [6, 6.07) is 3.45. The molecule has 0 unspecified atom stereocenters. The lowest BCUT2D eigenvalue weighted by Crippen LogP contribution is -2.22. The third kappa shape index (κ3) is 3.78. The van der Waals surface area contributed by atoms with E-state index in [0.717, 1.165) is 35.8 Å². The fourth-order valence-electron chi connectivity index (χ4n) is 2.96. The Labute approximate surface area is 162 Å². The van der Waals surface area contributed by atoms with Crippen LogP contribution in [0.1, 0.15) is 37.6 Å². The molecule has 0 spiro atoms. The summed E-state index contributed by atoms with van der Waals surface area (Å²) in [5.41, 5.74) is 11.4. The Hall–Kier alpha value is -3.47. The number of rotatable bonds is 6. The molecule has 10 nitrogen and oxygen atoms in total. The van der Waals surface area contributed by atoms with E-state index in [1.165, 1.54) is 23.5 Å². The molecule has 0 fully saturated rings. The monoisotopic (exact) mass is 404 g/mol. The highest BCUT2D eigenvalue weighted by Gasteiger charge is 2.26. The van der Waals surface area contributed by atoms with Gasteiger partial charge in [0.2, 0.25) is 0 Å². The highest BCUT2D eigenvalue weighted by molar-refractivity contribution is 7.17. The number of nitro benzene ring substituents is 1. The van der Waals surface area contributed by atoms with Gasteiger partial charge in [0.1, 0.15) is 10.7 Å². The number of ether oxygens (including phenoxy) is 1. The second kappa shape index (κ2) is 7.64. The Balaban J connectivity index is 1.65. The van der Waals surface area contributed by atoms with Crippen LogP contribution in [0, 0.1) is 10.1 Å². The number of fused-ring (bicyclic) bond motifs is 1. The number of primary amides is 1. The van der Waals surface area contributed by atoms with E-state index in [1.54, 1.807) is 0 Å². The second-order valence-corrected chi connectivity index (χ2v) is 7.19. The molecule has 0 saturated carbocycles. The van der Waals surface area contributed by atoms with Gasteiger partial charge in [-0.25, -0.2) is 4.79 Å². The molecular weight excluding hydrogens is 388 g/mol. The number of nitrogen functional groups attached to an aromatic ring is 1. The van der Waals surface area contributed by atoms with E-state index in [1.807, 2.05) is 0 Å². The molecule has 1 aromatic heterocycles. The van der Waals surface area contributed by atoms with Crippen LogP contribution >= 0.6 is 11.3 Å². The van der Waals surface area contributed by atoms with Crippen LogP contribution < -0.4 is 16.8 Å². The number of carbonyl (C=O) groups is 3. The smallest absolute Gasteiger partial charge is 0.338 e. The Kier molecular flexibility index (Phi) is 5.27. The van der Waals surface area contributed by atoms with Crippen LogP contribution in [0.5, 0.6) is 0 Å². The van der Waals surface area contributed by atoms with Crippen LogP contribution in [0.25, 0.3) is 0 Å². The van der Waals surface area contributed by atoms with Crippen molar-refractivity contribution < 1.29 is 24.0 Å². The van der Waals surface area contributed by atoms with Crippen LogP contribution in [0.3, 0.4) is 0 Å². The minimum absolute atomic E-state index is 0.0935. The van der Waals surface area contributed by atoms with Gasteiger partial charge in [-0.2, -0.15) is 0 Å². The maximum Gasteiger partial charge on any atom is 0.338 e. The van der Waals surface area contributed by atoms with Crippen molar-refractivity contribution >= 4 is 45.5 Å². The van der Waals surface area contributed by atoms with Crippen LogP contribution in [0.15, 0.2) is 18.2 Å². The number of benzene rings is 1. The molecule has 0 atom stereocenters. The summed E-state index contributed by atoms with van der Waals surface area (Å²) < 4.78 is 4.89. The minimum atomic E-state index is -0.915. The Morgan fingerprint density at radius 2 is 2.04 bits per heavy atom. The summed E-state index contributed by atoms with van der Waals surface area (Å²) in [7, 11) is 0. The van der Waals surface area contributed by atoms with Crippen LogP contribution in [-0.4, -0.2) is 29.3 Å². The van der Waals surface area contributed by atoms with Crippen molar-refractivity contribution in [3.05, 3.63) is 49.9 Å². The molecule has 5 N–H and O–H groups in total. The molecule has 1 heterocycles. The van der Waals surface area contributed by atoms with E-state index in [-0.39, 0.29) is 11.3 Å². The largest absolute Gasteiger partial charge is 0.452 e. The summed E-state index contributed by atoms with van der Waals surface area (Å²) >= 11 is 1.28. The summed E-state index contributed by atoms with van der Waals surface area (Å²) in [4.78, 5) is 47.0. The number of hydrogen-bond acceptors (Lipinski definition) is 8.